The van der Waals surface area contributed by atoms with Gasteiger partial charge in [0.25, 0.3) is 5.69 Å². The number of benzene rings is 4. The number of nitrogens with zero attached hydrogens (tertiary/aromatic N) is 1. The molecule has 2 saturated carbocycles. The van der Waals surface area contributed by atoms with E-state index in [2.05, 4.69) is 0 Å². The predicted octanol–water partition coefficient (Wildman–Crippen LogP) is 10.1. The molecule has 52 heavy (non-hydrogen) atoms. The number of anilines is 1. The maximum absolute atomic E-state index is 13.3. The molecule has 12 heteroatoms. The van der Waals surface area contributed by atoms with E-state index >= 15 is 0 Å². The molecule has 2 fully saturated rings. The summed E-state index contributed by atoms with van der Waals surface area (Å²) in [6.07, 6.45) is 3.97. The molecule has 2 N–H and O–H groups in total. The molecule has 0 amide bonds. The molecule has 0 unspecified atom stereocenters. The van der Waals surface area contributed by atoms with E-state index in [1.165, 1.54) is 42.5 Å². The van der Waals surface area contributed by atoms with Crippen LogP contribution in [0.15, 0.2) is 81.6 Å². The second kappa shape index (κ2) is 13.9. The molecule has 2 aliphatic rings. The number of carbonyl (C=O) groups excluding carboxylic acids is 2. The van der Waals surface area contributed by atoms with Crippen molar-refractivity contribution in [3.8, 4) is 22.6 Å². The molecule has 0 saturated heterocycles. The van der Waals surface area contributed by atoms with Crippen LogP contribution in [0, 0.1) is 21.7 Å². The lowest BCUT2D eigenvalue weighted by Crippen LogP contribution is -2.05. The number of esters is 2. The Kier molecular flexibility index (Phi) is 9.22. The average Bonchev–Trinajstić information content (AvgIpc) is 4.07. The standard InChI is InChI=1S/C20H16FNO5.C20H18FNO3/c1-2-26-20(23)18-15-9-14(11-3-4-11)16(22(24)25)10-17(15)27-19(18)12-5-7-13(21)8-6-12;1-2-24-20(23)18-15-9-14(11-3-4-11)16(22)10-17(15)25-19(18)12-5-7-13(21)8-6-12/h5-11H,2-4H2,1H3;5-11H,2-4,22H2,1H3. The number of rotatable bonds is 9. The SMILES string of the molecule is CCOC(=O)c1c(-c2ccc(F)cc2)oc2cc(N)c(C3CC3)cc12.CCOC(=O)c1c(-c2ccc(F)cc2)oc2cc([N+](=O)[O-])c(C3CC3)cc12. The lowest BCUT2D eigenvalue weighted by molar-refractivity contribution is -0.385. The van der Waals surface area contributed by atoms with Crippen molar-refractivity contribution < 1.29 is 41.6 Å². The molecule has 0 atom stereocenters. The van der Waals surface area contributed by atoms with Gasteiger partial charge in [0.05, 0.1) is 24.2 Å². The summed E-state index contributed by atoms with van der Waals surface area (Å²) in [5.41, 5.74) is 10.9. The fourth-order valence-electron chi connectivity index (χ4n) is 6.37. The highest BCUT2D eigenvalue weighted by atomic mass is 19.1. The average molecular weight is 709 g/mol. The van der Waals surface area contributed by atoms with Crippen molar-refractivity contribution in [2.75, 3.05) is 18.9 Å². The third kappa shape index (κ3) is 6.71. The number of hydrogen-bond acceptors (Lipinski definition) is 9. The number of ether oxygens (including phenoxy) is 2. The first-order chi connectivity index (χ1) is 25.1. The van der Waals surface area contributed by atoms with E-state index in [0.717, 1.165) is 31.2 Å². The largest absolute Gasteiger partial charge is 0.462 e. The quantitative estimate of drug-likeness (QED) is 0.0670. The Hall–Kier alpha value is -6.04. The number of nitro benzene ring substituents is 1. The molecule has 2 heterocycles. The summed E-state index contributed by atoms with van der Waals surface area (Å²) in [7, 11) is 0. The highest BCUT2D eigenvalue weighted by molar-refractivity contribution is 6.10. The zero-order valence-electron chi connectivity index (χ0n) is 28.4. The molecular weight excluding hydrogens is 674 g/mol. The molecule has 0 radical (unpaired) electrons. The molecule has 0 aliphatic heterocycles. The number of nitro groups is 1. The van der Waals surface area contributed by atoms with Crippen molar-refractivity contribution in [3.63, 3.8) is 0 Å². The van der Waals surface area contributed by atoms with Crippen molar-refractivity contribution in [1.82, 2.24) is 0 Å². The van der Waals surface area contributed by atoms with E-state index in [1.807, 2.05) is 6.07 Å². The Labute approximate surface area is 296 Å². The zero-order valence-corrected chi connectivity index (χ0v) is 28.4. The monoisotopic (exact) mass is 708 g/mol. The fourth-order valence-corrected chi connectivity index (χ4v) is 6.37. The molecule has 6 aromatic rings. The van der Waals surface area contributed by atoms with Gasteiger partial charge in [0, 0.05) is 39.2 Å². The summed E-state index contributed by atoms with van der Waals surface area (Å²) in [5.74, 6) is -0.639. The Morgan fingerprint density at radius 1 is 0.731 bits per heavy atom. The van der Waals surface area contributed by atoms with Gasteiger partial charge in [-0.15, -0.1) is 0 Å². The molecule has 2 aliphatic carbocycles. The molecule has 0 spiro atoms. The van der Waals surface area contributed by atoms with E-state index < -0.39 is 22.7 Å². The van der Waals surface area contributed by atoms with Crippen molar-refractivity contribution in [3.05, 3.63) is 117 Å². The molecule has 4 aromatic carbocycles. The first kappa shape index (κ1) is 34.4. The topological polar surface area (TPSA) is 148 Å². The molecular formula is C40H34F2N2O8. The van der Waals surface area contributed by atoms with Gasteiger partial charge in [-0.3, -0.25) is 10.1 Å². The van der Waals surface area contributed by atoms with Crippen LogP contribution in [0.1, 0.15) is 83.2 Å². The van der Waals surface area contributed by atoms with Crippen LogP contribution in [0.25, 0.3) is 44.6 Å². The molecule has 8 rings (SSSR count). The Morgan fingerprint density at radius 2 is 1.15 bits per heavy atom. The number of nitrogen functional groups attached to an aromatic ring is 1. The van der Waals surface area contributed by atoms with Crippen LogP contribution in [0.3, 0.4) is 0 Å². The third-order valence-electron chi connectivity index (χ3n) is 9.13. The summed E-state index contributed by atoms with van der Waals surface area (Å²) in [6.45, 7) is 3.89. The van der Waals surface area contributed by atoms with Crippen molar-refractivity contribution in [2.45, 2.75) is 51.4 Å². The molecule has 0 bridgehead atoms. The van der Waals surface area contributed by atoms with Crippen LogP contribution in [0.2, 0.25) is 0 Å². The van der Waals surface area contributed by atoms with Crippen LogP contribution in [-0.2, 0) is 9.47 Å². The minimum atomic E-state index is -0.578. The number of nitrogens with two attached hydrogens (primary N) is 1. The van der Waals surface area contributed by atoms with Gasteiger partial charge in [0.2, 0.25) is 0 Å². The van der Waals surface area contributed by atoms with E-state index in [4.69, 9.17) is 24.0 Å². The highest BCUT2D eigenvalue weighted by Gasteiger charge is 2.34. The summed E-state index contributed by atoms with van der Waals surface area (Å²) >= 11 is 0. The Balaban J connectivity index is 0.000000162. The van der Waals surface area contributed by atoms with Crippen LogP contribution < -0.4 is 5.73 Å². The van der Waals surface area contributed by atoms with Crippen molar-refractivity contribution in [2.24, 2.45) is 0 Å². The van der Waals surface area contributed by atoms with Crippen LogP contribution in [0.5, 0.6) is 0 Å². The minimum Gasteiger partial charge on any atom is -0.462 e. The van der Waals surface area contributed by atoms with E-state index in [0.29, 0.717) is 56.0 Å². The summed E-state index contributed by atoms with van der Waals surface area (Å²) in [6, 6.07) is 18.1. The van der Waals surface area contributed by atoms with Gasteiger partial charge in [-0.25, -0.2) is 18.4 Å². The normalized spacial score (nSPS) is 13.8. The van der Waals surface area contributed by atoms with Crippen LogP contribution >= 0.6 is 0 Å². The lowest BCUT2D eigenvalue weighted by Gasteiger charge is -2.05. The van der Waals surface area contributed by atoms with E-state index in [-0.39, 0.29) is 47.5 Å². The zero-order chi connectivity index (χ0) is 36.7. The van der Waals surface area contributed by atoms with E-state index in [9.17, 15) is 28.5 Å². The van der Waals surface area contributed by atoms with Gasteiger partial charge in [0.1, 0.15) is 45.4 Å². The van der Waals surface area contributed by atoms with E-state index in [1.54, 1.807) is 38.1 Å². The predicted molar refractivity (Wildman–Crippen MR) is 190 cm³/mol. The second-order valence-corrected chi connectivity index (χ2v) is 12.8. The van der Waals surface area contributed by atoms with Gasteiger partial charge >= 0.3 is 11.9 Å². The Bertz CT molecular complexity index is 2340. The first-order valence-corrected chi connectivity index (χ1v) is 17.0. The van der Waals surface area contributed by atoms with Gasteiger partial charge in [-0.1, -0.05) is 0 Å². The maximum Gasteiger partial charge on any atom is 0.342 e. The molecule has 10 nitrogen and oxygen atoms in total. The first-order valence-electron chi connectivity index (χ1n) is 17.0. The molecule has 266 valence electrons. The number of halogens is 2. The Morgan fingerprint density at radius 3 is 1.58 bits per heavy atom. The van der Waals surface area contributed by atoms with Gasteiger partial charge < -0.3 is 24.0 Å². The smallest absolute Gasteiger partial charge is 0.342 e. The number of fused-ring (bicyclic) bond motifs is 2. The summed E-state index contributed by atoms with van der Waals surface area (Å²) in [4.78, 5) is 36.2. The van der Waals surface area contributed by atoms with Crippen molar-refractivity contribution >= 4 is 45.3 Å². The third-order valence-corrected chi connectivity index (χ3v) is 9.13. The maximum atomic E-state index is 13.3. The number of hydrogen-bond donors (Lipinski definition) is 1. The summed E-state index contributed by atoms with van der Waals surface area (Å²) in [5, 5.41) is 12.6. The number of carbonyl (C=O) groups is 2. The van der Waals surface area contributed by atoms with Gasteiger partial charge in [-0.05, 0) is 118 Å². The lowest BCUT2D eigenvalue weighted by atomic mass is 10.0. The minimum absolute atomic E-state index is 0.0141. The van der Waals surface area contributed by atoms with Crippen molar-refractivity contribution in [1.29, 1.82) is 0 Å². The fraction of sp³-hybridized carbons (Fsp3) is 0.250. The summed E-state index contributed by atoms with van der Waals surface area (Å²) < 4.78 is 48.7. The second-order valence-electron chi connectivity index (χ2n) is 12.8. The number of furan rings is 2. The highest BCUT2D eigenvalue weighted by Crippen LogP contribution is 2.48. The van der Waals surface area contributed by atoms with Crippen LogP contribution in [0.4, 0.5) is 20.2 Å². The molecule has 2 aromatic heterocycles. The van der Waals surface area contributed by atoms with Gasteiger partial charge in [-0.2, -0.15) is 0 Å². The van der Waals surface area contributed by atoms with Crippen LogP contribution in [-0.4, -0.2) is 30.1 Å². The van der Waals surface area contributed by atoms with Gasteiger partial charge in [0.15, 0.2) is 0 Å².